The van der Waals surface area contributed by atoms with Crippen LogP contribution in [-0.2, 0) is 14.6 Å². The van der Waals surface area contributed by atoms with E-state index in [1.165, 1.54) is 24.3 Å². The van der Waals surface area contributed by atoms with Crippen molar-refractivity contribution in [1.82, 2.24) is 9.88 Å². The van der Waals surface area contributed by atoms with E-state index in [2.05, 4.69) is 4.98 Å². The Hall–Kier alpha value is -2.84. The second kappa shape index (κ2) is 9.57. The maximum Gasteiger partial charge on any atom is 0.236 e. The fraction of sp³-hybridized carbons (Fsp3) is 0.333. The Morgan fingerprint density at radius 1 is 1.09 bits per heavy atom. The molecule has 0 atom stereocenters. The minimum absolute atomic E-state index is 0.0917. The van der Waals surface area contributed by atoms with E-state index in [1.807, 2.05) is 47.9 Å². The SMILES string of the molecule is CCCC(=O)N1CCN(c2oc(-c3cccc(C)c3)nc2S(=O)(=O)c2ccc(Cl)cc2)CC1. The van der Waals surface area contributed by atoms with Gasteiger partial charge in [0.2, 0.25) is 32.5 Å². The minimum atomic E-state index is -3.96. The molecule has 33 heavy (non-hydrogen) atoms. The van der Waals surface area contributed by atoms with Crippen LogP contribution in [0.15, 0.2) is 62.9 Å². The van der Waals surface area contributed by atoms with Crippen LogP contribution in [-0.4, -0.2) is 50.4 Å². The Kier molecular flexibility index (Phi) is 6.76. The van der Waals surface area contributed by atoms with Crippen LogP contribution >= 0.6 is 11.6 Å². The van der Waals surface area contributed by atoms with Gasteiger partial charge in [0.15, 0.2) is 0 Å². The van der Waals surface area contributed by atoms with Gasteiger partial charge in [-0.1, -0.05) is 36.2 Å². The molecule has 1 fully saturated rings. The Morgan fingerprint density at radius 2 is 1.79 bits per heavy atom. The van der Waals surface area contributed by atoms with Gasteiger partial charge in [0.05, 0.1) is 4.90 Å². The van der Waals surface area contributed by atoms with Crippen molar-refractivity contribution in [2.45, 2.75) is 36.6 Å². The van der Waals surface area contributed by atoms with Crippen LogP contribution in [0, 0.1) is 6.92 Å². The lowest BCUT2D eigenvalue weighted by atomic mass is 10.1. The fourth-order valence-corrected chi connectivity index (χ4v) is 5.28. The monoisotopic (exact) mass is 487 g/mol. The molecule has 0 N–H and O–H groups in total. The molecule has 9 heteroatoms. The number of sulfone groups is 1. The van der Waals surface area contributed by atoms with Gasteiger partial charge in [-0.3, -0.25) is 4.79 Å². The summed E-state index contributed by atoms with van der Waals surface area (Å²) in [5.74, 6) is 0.555. The largest absolute Gasteiger partial charge is 0.419 e. The van der Waals surface area contributed by atoms with Crippen molar-refractivity contribution in [1.29, 1.82) is 0 Å². The first-order valence-electron chi connectivity index (χ1n) is 10.9. The molecule has 1 saturated heterocycles. The number of anilines is 1. The van der Waals surface area contributed by atoms with Crippen LogP contribution in [0.5, 0.6) is 0 Å². The number of aryl methyl sites for hydroxylation is 1. The van der Waals surface area contributed by atoms with Gasteiger partial charge in [0.25, 0.3) is 0 Å². The Balaban J connectivity index is 1.73. The molecule has 1 aliphatic rings. The first-order chi connectivity index (χ1) is 15.8. The quantitative estimate of drug-likeness (QED) is 0.506. The zero-order valence-electron chi connectivity index (χ0n) is 18.6. The zero-order valence-corrected chi connectivity index (χ0v) is 20.2. The van der Waals surface area contributed by atoms with E-state index in [4.69, 9.17) is 16.0 Å². The van der Waals surface area contributed by atoms with Crippen molar-refractivity contribution in [3.05, 3.63) is 59.1 Å². The summed E-state index contributed by atoms with van der Waals surface area (Å²) in [7, 11) is -3.96. The molecule has 1 amide bonds. The van der Waals surface area contributed by atoms with Gasteiger partial charge in [0.1, 0.15) is 0 Å². The predicted molar refractivity (Wildman–Crippen MR) is 127 cm³/mol. The van der Waals surface area contributed by atoms with E-state index >= 15 is 0 Å². The zero-order chi connectivity index (χ0) is 23.6. The van der Waals surface area contributed by atoms with Gasteiger partial charge in [-0.05, 0) is 49.7 Å². The Morgan fingerprint density at radius 3 is 2.42 bits per heavy atom. The summed E-state index contributed by atoms with van der Waals surface area (Å²) in [6.07, 6.45) is 1.31. The maximum atomic E-state index is 13.5. The van der Waals surface area contributed by atoms with Gasteiger partial charge < -0.3 is 14.2 Å². The normalized spacial score (nSPS) is 14.5. The van der Waals surface area contributed by atoms with E-state index in [9.17, 15) is 13.2 Å². The number of nitrogens with zero attached hydrogens (tertiary/aromatic N) is 3. The Labute approximate surface area is 198 Å². The molecule has 0 radical (unpaired) electrons. The third-order valence-electron chi connectivity index (χ3n) is 5.61. The molecule has 3 aromatic rings. The molecule has 0 saturated carbocycles. The number of amides is 1. The summed E-state index contributed by atoms with van der Waals surface area (Å²) in [5, 5.41) is 0.317. The first-order valence-corrected chi connectivity index (χ1v) is 12.8. The lowest BCUT2D eigenvalue weighted by Gasteiger charge is -2.34. The minimum Gasteiger partial charge on any atom is -0.419 e. The number of hydrogen-bond donors (Lipinski definition) is 0. The third kappa shape index (κ3) is 4.91. The summed E-state index contributed by atoms with van der Waals surface area (Å²) in [6.45, 7) is 5.84. The molecule has 0 bridgehead atoms. The summed E-state index contributed by atoms with van der Waals surface area (Å²) in [6, 6.07) is 13.6. The fourth-order valence-electron chi connectivity index (χ4n) is 3.83. The van der Waals surface area contributed by atoms with Crippen molar-refractivity contribution < 1.29 is 17.6 Å². The van der Waals surface area contributed by atoms with Gasteiger partial charge in [-0.15, -0.1) is 0 Å². The molecule has 1 aromatic heterocycles. The number of benzene rings is 2. The molecule has 2 heterocycles. The second-order valence-electron chi connectivity index (χ2n) is 8.07. The molecule has 4 rings (SSSR count). The molecular formula is C24H26ClN3O4S. The van der Waals surface area contributed by atoms with Crippen LogP contribution in [0.2, 0.25) is 5.02 Å². The van der Waals surface area contributed by atoms with Crippen molar-refractivity contribution in [2.75, 3.05) is 31.1 Å². The van der Waals surface area contributed by atoms with Crippen molar-refractivity contribution >= 4 is 33.2 Å². The second-order valence-corrected chi connectivity index (χ2v) is 10.4. The van der Waals surface area contributed by atoms with E-state index in [0.717, 1.165) is 12.0 Å². The van der Waals surface area contributed by atoms with E-state index in [1.54, 1.807) is 0 Å². The number of carbonyl (C=O) groups excluding carboxylic acids is 1. The molecule has 2 aromatic carbocycles. The lowest BCUT2D eigenvalue weighted by Crippen LogP contribution is -2.48. The topological polar surface area (TPSA) is 83.7 Å². The van der Waals surface area contributed by atoms with E-state index < -0.39 is 9.84 Å². The van der Waals surface area contributed by atoms with Crippen molar-refractivity contribution in [3.63, 3.8) is 0 Å². The molecule has 7 nitrogen and oxygen atoms in total. The highest BCUT2D eigenvalue weighted by Gasteiger charge is 2.33. The van der Waals surface area contributed by atoms with Crippen LogP contribution in [0.1, 0.15) is 25.3 Å². The van der Waals surface area contributed by atoms with Crippen LogP contribution in [0.4, 0.5) is 5.88 Å². The lowest BCUT2D eigenvalue weighted by molar-refractivity contribution is -0.131. The highest BCUT2D eigenvalue weighted by molar-refractivity contribution is 7.91. The number of carbonyl (C=O) groups is 1. The summed E-state index contributed by atoms with van der Waals surface area (Å²) >= 11 is 5.95. The van der Waals surface area contributed by atoms with Crippen LogP contribution in [0.25, 0.3) is 11.5 Å². The summed E-state index contributed by atoms with van der Waals surface area (Å²) in [4.78, 5) is 20.5. The van der Waals surface area contributed by atoms with Gasteiger partial charge in [-0.25, -0.2) is 8.42 Å². The summed E-state index contributed by atoms with van der Waals surface area (Å²) in [5.41, 5.74) is 1.71. The smallest absolute Gasteiger partial charge is 0.236 e. The third-order valence-corrected chi connectivity index (χ3v) is 7.53. The maximum absolute atomic E-state index is 13.5. The molecule has 1 aliphatic heterocycles. The molecular weight excluding hydrogens is 462 g/mol. The predicted octanol–water partition coefficient (Wildman–Crippen LogP) is 4.58. The summed E-state index contributed by atoms with van der Waals surface area (Å²) < 4.78 is 33.1. The van der Waals surface area contributed by atoms with Crippen LogP contribution in [0.3, 0.4) is 0 Å². The molecule has 0 aliphatic carbocycles. The average Bonchev–Trinajstić information content (AvgIpc) is 3.26. The molecule has 174 valence electrons. The number of hydrogen-bond acceptors (Lipinski definition) is 6. The van der Waals surface area contributed by atoms with E-state index in [-0.39, 0.29) is 27.6 Å². The number of piperazine rings is 1. The highest BCUT2D eigenvalue weighted by Crippen LogP contribution is 2.35. The van der Waals surface area contributed by atoms with Crippen molar-refractivity contribution in [3.8, 4) is 11.5 Å². The number of oxazole rings is 1. The van der Waals surface area contributed by atoms with Gasteiger partial charge in [0, 0.05) is 43.2 Å². The van der Waals surface area contributed by atoms with E-state index in [0.29, 0.717) is 43.2 Å². The average molecular weight is 488 g/mol. The number of rotatable bonds is 6. The van der Waals surface area contributed by atoms with Crippen LogP contribution < -0.4 is 4.90 Å². The number of halogens is 1. The molecule has 0 unspecified atom stereocenters. The highest BCUT2D eigenvalue weighted by atomic mass is 35.5. The van der Waals surface area contributed by atoms with Crippen molar-refractivity contribution in [2.24, 2.45) is 0 Å². The first kappa shape index (κ1) is 23.3. The standard InChI is InChI=1S/C24H26ClN3O4S/c1-3-5-21(29)27-12-14-28(15-13-27)24-23(33(30,31)20-10-8-19(25)9-11-20)26-22(32-24)18-7-4-6-17(2)16-18/h4,6-11,16H,3,5,12-15H2,1-2H3. The van der Waals surface area contributed by atoms with Gasteiger partial charge in [-0.2, -0.15) is 4.98 Å². The molecule has 0 spiro atoms. The number of aromatic nitrogens is 1. The Bertz CT molecular complexity index is 1250. The van der Waals surface area contributed by atoms with Gasteiger partial charge >= 0.3 is 0 Å².